The van der Waals surface area contributed by atoms with E-state index >= 15 is 0 Å². The van der Waals surface area contributed by atoms with E-state index in [4.69, 9.17) is 4.74 Å². The van der Waals surface area contributed by atoms with Crippen molar-refractivity contribution in [2.75, 3.05) is 13.2 Å². The third-order valence-electron chi connectivity index (χ3n) is 4.13. The van der Waals surface area contributed by atoms with Gasteiger partial charge in [0.25, 0.3) is 0 Å². The van der Waals surface area contributed by atoms with Crippen LogP contribution in [-0.2, 0) is 35.6 Å². The molecule has 0 bridgehead atoms. The number of aromatic nitrogens is 5. The number of nitrogens with zero attached hydrogens (tertiary/aromatic N) is 6. The van der Waals surface area contributed by atoms with Crippen molar-refractivity contribution in [3.63, 3.8) is 0 Å². The molecule has 8 heteroatoms. The van der Waals surface area contributed by atoms with Gasteiger partial charge in [-0.05, 0) is 18.4 Å². The van der Waals surface area contributed by atoms with Crippen LogP contribution in [0.5, 0.6) is 0 Å². The Balaban J connectivity index is 1.62. The number of ether oxygens (including phenoxy) is 1. The van der Waals surface area contributed by atoms with Crippen LogP contribution in [0.2, 0.25) is 0 Å². The Bertz CT molecular complexity index is 715. The normalized spacial score (nSPS) is 14.0. The van der Waals surface area contributed by atoms with E-state index in [0.29, 0.717) is 32.6 Å². The molecule has 0 N–H and O–H groups in total. The van der Waals surface area contributed by atoms with E-state index in [-0.39, 0.29) is 5.91 Å². The van der Waals surface area contributed by atoms with Gasteiger partial charge in [-0.15, -0.1) is 11.7 Å². The number of hydrogen-bond donors (Lipinski definition) is 0. The molecule has 0 spiro atoms. The predicted molar refractivity (Wildman–Crippen MR) is 90.3 cm³/mol. The highest BCUT2D eigenvalue weighted by Crippen LogP contribution is 2.17. The predicted octanol–water partition coefficient (Wildman–Crippen LogP) is 1.14. The van der Waals surface area contributed by atoms with Crippen LogP contribution in [-0.4, -0.2) is 48.9 Å². The summed E-state index contributed by atoms with van der Waals surface area (Å²) in [4.78, 5) is 22.5. The molecule has 132 valence electrons. The molecule has 0 aromatic carbocycles. The Morgan fingerprint density at radius 3 is 2.96 bits per heavy atom. The lowest BCUT2D eigenvalue weighted by Crippen LogP contribution is -2.31. The van der Waals surface area contributed by atoms with Crippen molar-refractivity contribution < 1.29 is 9.53 Å². The molecule has 1 amide bonds. The largest absolute Gasteiger partial charge is 0.371 e. The van der Waals surface area contributed by atoms with E-state index in [9.17, 15) is 4.79 Å². The number of amides is 1. The van der Waals surface area contributed by atoms with Crippen LogP contribution >= 0.6 is 0 Å². The summed E-state index contributed by atoms with van der Waals surface area (Å²) >= 11 is 0. The van der Waals surface area contributed by atoms with E-state index in [0.717, 1.165) is 36.5 Å². The van der Waals surface area contributed by atoms with Crippen LogP contribution in [0.4, 0.5) is 0 Å². The molecule has 3 rings (SSSR count). The van der Waals surface area contributed by atoms with Crippen molar-refractivity contribution in [2.24, 2.45) is 0 Å². The highest BCUT2D eigenvalue weighted by atomic mass is 16.5. The van der Waals surface area contributed by atoms with E-state index in [1.807, 2.05) is 9.58 Å². The first kappa shape index (κ1) is 17.2. The Kier molecular flexibility index (Phi) is 5.84. The van der Waals surface area contributed by atoms with Gasteiger partial charge in [-0.3, -0.25) is 4.79 Å². The minimum Gasteiger partial charge on any atom is -0.371 e. The zero-order chi connectivity index (χ0) is 17.5. The first-order valence-electron chi connectivity index (χ1n) is 8.39. The number of rotatable bonds is 7. The van der Waals surface area contributed by atoms with Crippen LogP contribution in [0.15, 0.2) is 31.4 Å². The minimum atomic E-state index is 0.122. The number of hydrogen-bond acceptors (Lipinski definition) is 6. The van der Waals surface area contributed by atoms with Crippen molar-refractivity contribution in [1.29, 1.82) is 0 Å². The summed E-state index contributed by atoms with van der Waals surface area (Å²) < 4.78 is 7.36. The molecule has 8 nitrogen and oxygen atoms in total. The minimum absolute atomic E-state index is 0.122. The Hall–Kier alpha value is -2.61. The number of aryl methyl sites for hydroxylation is 2. The lowest BCUT2D eigenvalue weighted by molar-refractivity contribution is -0.131. The van der Waals surface area contributed by atoms with Gasteiger partial charge in [-0.1, -0.05) is 11.3 Å². The summed E-state index contributed by atoms with van der Waals surface area (Å²) in [5, 5.41) is 8.39. The molecule has 2 aromatic heterocycles. The molecule has 0 saturated heterocycles. The van der Waals surface area contributed by atoms with Gasteiger partial charge in [0, 0.05) is 31.9 Å². The first-order valence-corrected chi connectivity index (χ1v) is 8.39. The van der Waals surface area contributed by atoms with Gasteiger partial charge in [0.15, 0.2) is 0 Å². The average Bonchev–Trinajstić information content (AvgIpc) is 2.89. The Morgan fingerprint density at radius 2 is 2.16 bits per heavy atom. The van der Waals surface area contributed by atoms with Crippen LogP contribution in [0.3, 0.4) is 0 Å². The molecule has 0 fully saturated rings. The summed E-state index contributed by atoms with van der Waals surface area (Å²) in [6, 6.07) is 0. The Morgan fingerprint density at radius 1 is 1.32 bits per heavy atom. The SMILES string of the molecule is C=CCOCc1nnn2c1CN(C(=O)CCc1cncnc1)CCC2. The van der Waals surface area contributed by atoms with E-state index in [1.165, 1.54) is 6.33 Å². The highest BCUT2D eigenvalue weighted by Gasteiger charge is 2.23. The summed E-state index contributed by atoms with van der Waals surface area (Å²) in [5.74, 6) is 0.122. The van der Waals surface area contributed by atoms with Crippen molar-refractivity contribution in [3.8, 4) is 0 Å². The first-order chi connectivity index (χ1) is 12.3. The van der Waals surface area contributed by atoms with Crippen molar-refractivity contribution in [1.82, 2.24) is 29.9 Å². The average molecular weight is 342 g/mol. The molecular formula is C17H22N6O2. The van der Waals surface area contributed by atoms with Crippen molar-refractivity contribution in [3.05, 3.63) is 48.3 Å². The van der Waals surface area contributed by atoms with Gasteiger partial charge < -0.3 is 9.64 Å². The maximum absolute atomic E-state index is 12.6. The van der Waals surface area contributed by atoms with Crippen molar-refractivity contribution in [2.45, 2.75) is 39.0 Å². The van der Waals surface area contributed by atoms with Gasteiger partial charge in [0.1, 0.15) is 12.0 Å². The second-order valence-corrected chi connectivity index (χ2v) is 5.93. The molecule has 0 unspecified atom stereocenters. The van der Waals surface area contributed by atoms with Gasteiger partial charge in [0.05, 0.1) is 25.5 Å². The van der Waals surface area contributed by atoms with Gasteiger partial charge in [0.2, 0.25) is 5.91 Å². The topological polar surface area (TPSA) is 86.0 Å². The summed E-state index contributed by atoms with van der Waals surface area (Å²) in [7, 11) is 0. The molecule has 0 atom stereocenters. The molecule has 1 aliphatic rings. The zero-order valence-corrected chi connectivity index (χ0v) is 14.2. The molecular weight excluding hydrogens is 320 g/mol. The third-order valence-corrected chi connectivity index (χ3v) is 4.13. The fourth-order valence-corrected chi connectivity index (χ4v) is 2.82. The zero-order valence-electron chi connectivity index (χ0n) is 14.2. The smallest absolute Gasteiger partial charge is 0.223 e. The third kappa shape index (κ3) is 4.48. The molecule has 3 heterocycles. The quantitative estimate of drug-likeness (QED) is 0.554. The van der Waals surface area contributed by atoms with Gasteiger partial charge in [-0.2, -0.15) is 0 Å². The van der Waals surface area contributed by atoms with E-state index in [1.54, 1.807) is 18.5 Å². The maximum Gasteiger partial charge on any atom is 0.223 e. The summed E-state index contributed by atoms with van der Waals surface area (Å²) in [5.41, 5.74) is 2.71. The van der Waals surface area contributed by atoms with Crippen LogP contribution in [0, 0.1) is 0 Å². The molecule has 0 saturated carbocycles. The van der Waals surface area contributed by atoms with Gasteiger partial charge >= 0.3 is 0 Å². The molecule has 0 aliphatic carbocycles. The second kappa shape index (κ2) is 8.48. The van der Waals surface area contributed by atoms with Gasteiger partial charge in [-0.25, -0.2) is 14.6 Å². The molecule has 2 aromatic rings. The van der Waals surface area contributed by atoms with Crippen LogP contribution < -0.4 is 0 Å². The van der Waals surface area contributed by atoms with E-state index in [2.05, 4.69) is 26.9 Å². The fourth-order valence-electron chi connectivity index (χ4n) is 2.82. The molecule has 0 radical (unpaired) electrons. The van der Waals surface area contributed by atoms with Crippen molar-refractivity contribution >= 4 is 5.91 Å². The number of carbonyl (C=O) groups is 1. The molecule has 25 heavy (non-hydrogen) atoms. The summed E-state index contributed by atoms with van der Waals surface area (Å²) in [6.45, 7) is 6.49. The standard InChI is InChI=1S/C17H22N6O2/c1-2-8-25-12-15-16-11-22(6-3-7-23(16)21-20-15)17(24)5-4-14-9-18-13-19-10-14/h2,9-10,13H,1,3-8,11-12H2. The monoisotopic (exact) mass is 342 g/mol. The Labute approximate surface area is 146 Å². The van der Waals surface area contributed by atoms with Crippen LogP contribution in [0.25, 0.3) is 0 Å². The second-order valence-electron chi connectivity index (χ2n) is 5.93. The lowest BCUT2D eigenvalue weighted by atomic mass is 10.1. The van der Waals surface area contributed by atoms with E-state index < -0.39 is 0 Å². The number of fused-ring (bicyclic) bond motifs is 1. The molecule has 1 aliphatic heterocycles. The highest BCUT2D eigenvalue weighted by molar-refractivity contribution is 5.76. The number of carbonyl (C=O) groups excluding carboxylic acids is 1. The van der Waals surface area contributed by atoms with Crippen LogP contribution in [0.1, 0.15) is 29.8 Å². The maximum atomic E-state index is 12.6. The lowest BCUT2D eigenvalue weighted by Gasteiger charge is -2.20. The summed E-state index contributed by atoms with van der Waals surface area (Å²) in [6.07, 6.45) is 8.63. The fraction of sp³-hybridized carbons (Fsp3) is 0.471.